The normalized spacial score (nSPS) is 12.6. The molecule has 0 spiro atoms. The molecule has 4 heteroatoms. The summed E-state index contributed by atoms with van der Waals surface area (Å²) in [4.78, 5) is 0. The number of fused-ring (bicyclic) bond motifs is 1. The fourth-order valence-corrected chi connectivity index (χ4v) is 2.13. The molecule has 1 aliphatic rings. The van der Waals surface area contributed by atoms with Gasteiger partial charge in [0.1, 0.15) is 19.3 Å². The van der Waals surface area contributed by atoms with Crippen LogP contribution in [0.1, 0.15) is 11.1 Å². The van der Waals surface area contributed by atoms with Gasteiger partial charge in [-0.3, -0.25) is 0 Å². The minimum Gasteiger partial charge on any atom is -0.486 e. The first kappa shape index (κ1) is 12.4. The molecular formula is C16H14N2O2. The maximum absolute atomic E-state index is 9.05. The van der Waals surface area contributed by atoms with Crippen LogP contribution in [-0.2, 0) is 6.54 Å². The van der Waals surface area contributed by atoms with E-state index in [1.807, 2.05) is 36.4 Å². The number of para-hydroxylation sites is 1. The second-order valence-electron chi connectivity index (χ2n) is 4.49. The molecule has 0 atom stereocenters. The van der Waals surface area contributed by atoms with Crippen LogP contribution in [-0.4, -0.2) is 13.2 Å². The van der Waals surface area contributed by atoms with Crippen molar-refractivity contribution < 1.29 is 9.47 Å². The zero-order valence-electron chi connectivity index (χ0n) is 10.9. The summed E-state index contributed by atoms with van der Waals surface area (Å²) in [7, 11) is 0. The van der Waals surface area contributed by atoms with Crippen molar-refractivity contribution in [3.63, 3.8) is 0 Å². The summed E-state index contributed by atoms with van der Waals surface area (Å²) < 4.78 is 11.0. The van der Waals surface area contributed by atoms with E-state index in [2.05, 4.69) is 11.4 Å². The Kier molecular flexibility index (Phi) is 3.42. The lowest BCUT2D eigenvalue weighted by molar-refractivity contribution is 0.171. The lowest BCUT2D eigenvalue weighted by Crippen LogP contribution is -2.15. The van der Waals surface area contributed by atoms with Gasteiger partial charge in [-0.1, -0.05) is 18.2 Å². The number of ether oxygens (including phenoxy) is 2. The number of anilines is 1. The van der Waals surface area contributed by atoms with Gasteiger partial charge < -0.3 is 14.8 Å². The first-order valence-electron chi connectivity index (χ1n) is 6.48. The fourth-order valence-electron chi connectivity index (χ4n) is 2.13. The molecule has 2 aromatic rings. The number of benzene rings is 2. The van der Waals surface area contributed by atoms with E-state index in [4.69, 9.17) is 14.7 Å². The number of rotatable bonds is 3. The first-order chi connectivity index (χ1) is 9.86. The van der Waals surface area contributed by atoms with E-state index in [1.165, 1.54) is 0 Å². The summed E-state index contributed by atoms with van der Waals surface area (Å²) >= 11 is 0. The van der Waals surface area contributed by atoms with Gasteiger partial charge in [-0.2, -0.15) is 5.26 Å². The van der Waals surface area contributed by atoms with Gasteiger partial charge in [0.05, 0.1) is 11.3 Å². The highest BCUT2D eigenvalue weighted by Gasteiger charge is 2.11. The van der Waals surface area contributed by atoms with Crippen LogP contribution >= 0.6 is 0 Å². The Morgan fingerprint density at radius 2 is 1.85 bits per heavy atom. The molecule has 4 nitrogen and oxygen atoms in total. The molecule has 0 saturated heterocycles. The number of nitrogens with one attached hydrogen (secondary N) is 1. The molecule has 20 heavy (non-hydrogen) atoms. The Hall–Kier alpha value is -2.67. The highest BCUT2D eigenvalue weighted by molar-refractivity contribution is 5.57. The van der Waals surface area contributed by atoms with E-state index >= 15 is 0 Å². The quantitative estimate of drug-likeness (QED) is 0.928. The monoisotopic (exact) mass is 266 g/mol. The molecule has 2 aromatic carbocycles. The number of hydrogen-bond acceptors (Lipinski definition) is 4. The molecule has 0 fully saturated rings. The highest BCUT2D eigenvalue weighted by atomic mass is 16.6. The van der Waals surface area contributed by atoms with Gasteiger partial charge in [0, 0.05) is 6.54 Å². The van der Waals surface area contributed by atoms with Crippen LogP contribution in [0.2, 0.25) is 0 Å². The molecule has 0 radical (unpaired) electrons. The van der Waals surface area contributed by atoms with E-state index in [9.17, 15) is 0 Å². The second-order valence-corrected chi connectivity index (χ2v) is 4.49. The van der Waals surface area contributed by atoms with Gasteiger partial charge in [0.25, 0.3) is 0 Å². The van der Waals surface area contributed by atoms with E-state index in [1.54, 1.807) is 6.07 Å². The predicted molar refractivity (Wildman–Crippen MR) is 75.9 cm³/mol. The van der Waals surface area contributed by atoms with E-state index < -0.39 is 0 Å². The molecular weight excluding hydrogens is 252 g/mol. The summed E-state index contributed by atoms with van der Waals surface area (Å²) in [5.41, 5.74) is 2.57. The van der Waals surface area contributed by atoms with Crippen LogP contribution in [0.15, 0.2) is 42.5 Å². The van der Waals surface area contributed by atoms with Gasteiger partial charge in [-0.15, -0.1) is 0 Å². The van der Waals surface area contributed by atoms with Gasteiger partial charge in [0.2, 0.25) is 0 Å². The molecule has 0 amide bonds. The Labute approximate surface area is 117 Å². The van der Waals surface area contributed by atoms with Gasteiger partial charge in [-0.25, -0.2) is 0 Å². The van der Waals surface area contributed by atoms with Gasteiger partial charge >= 0.3 is 0 Å². The van der Waals surface area contributed by atoms with Crippen LogP contribution in [0, 0.1) is 11.3 Å². The van der Waals surface area contributed by atoms with Crippen molar-refractivity contribution in [2.75, 3.05) is 18.5 Å². The van der Waals surface area contributed by atoms with Crippen molar-refractivity contribution in [2.24, 2.45) is 0 Å². The average molecular weight is 266 g/mol. The van der Waals surface area contributed by atoms with Crippen molar-refractivity contribution in [2.45, 2.75) is 6.54 Å². The Morgan fingerprint density at radius 3 is 2.70 bits per heavy atom. The zero-order valence-corrected chi connectivity index (χ0v) is 10.9. The van der Waals surface area contributed by atoms with Crippen molar-refractivity contribution in [1.29, 1.82) is 5.26 Å². The largest absolute Gasteiger partial charge is 0.486 e. The summed E-state index contributed by atoms with van der Waals surface area (Å²) in [5.74, 6) is 1.57. The third-order valence-corrected chi connectivity index (χ3v) is 3.14. The van der Waals surface area contributed by atoms with Crippen LogP contribution < -0.4 is 14.8 Å². The Morgan fingerprint density at radius 1 is 1.05 bits per heavy atom. The summed E-state index contributed by atoms with van der Waals surface area (Å²) in [5, 5.41) is 12.3. The minimum atomic E-state index is 0.584. The van der Waals surface area contributed by atoms with E-state index in [0.29, 0.717) is 25.3 Å². The fraction of sp³-hybridized carbons (Fsp3) is 0.188. The average Bonchev–Trinajstić information content (AvgIpc) is 2.53. The van der Waals surface area contributed by atoms with Crippen molar-refractivity contribution >= 4 is 5.69 Å². The maximum Gasteiger partial charge on any atom is 0.161 e. The van der Waals surface area contributed by atoms with E-state index in [-0.39, 0.29) is 0 Å². The topological polar surface area (TPSA) is 54.3 Å². The molecule has 0 bridgehead atoms. The van der Waals surface area contributed by atoms with Gasteiger partial charge in [-0.05, 0) is 29.8 Å². The van der Waals surface area contributed by atoms with Crippen molar-refractivity contribution in [3.05, 3.63) is 53.6 Å². The number of nitrogens with zero attached hydrogens (tertiary/aromatic N) is 1. The van der Waals surface area contributed by atoms with Crippen LogP contribution in [0.5, 0.6) is 11.5 Å². The summed E-state index contributed by atoms with van der Waals surface area (Å²) in [6.07, 6.45) is 0. The van der Waals surface area contributed by atoms with Crippen molar-refractivity contribution in [3.8, 4) is 17.6 Å². The molecule has 0 saturated carbocycles. The zero-order chi connectivity index (χ0) is 13.8. The molecule has 100 valence electrons. The highest BCUT2D eigenvalue weighted by Crippen LogP contribution is 2.31. The standard InChI is InChI=1S/C16H14N2O2/c17-10-13-3-1-2-4-14(13)18-11-12-5-6-15-16(9-12)20-8-7-19-15/h1-6,9,18H,7-8,11H2. The molecule has 0 aromatic heterocycles. The smallest absolute Gasteiger partial charge is 0.161 e. The first-order valence-corrected chi connectivity index (χ1v) is 6.48. The third kappa shape index (κ3) is 2.52. The Bertz CT molecular complexity index is 662. The minimum absolute atomic E-state index is 0.584. The summed E-state index contributed by atoms with van der Waals surface area (Å²) in [6, 6.07) is 15.5. The van der Waals surface area contributed by atoms with E-state index in [0.717, 1.165) is 22.7 Å². The van der Waals surface area contributed by atoms with Crippen LogP contribution in [0.25, 0.3) is 0 Å². The predicted octanol–water partition coefficient (Wildman–Crippen LogP) is 2.94. The lowest BCUT2D eigenvalue weighted by Gasteiger charge is -2.19. The van der Waals surface area contributed by atoms with Crippen LogP contribution in [0.4, 0.5) is 5.69 Å². The SMILES string of the molecule is N#Cc1ccccc1NCc1ccc2c(c1)OCCO2. The number of nitriles is 1. The molecule has 1 heterocycles. The molecule has 0 aliphatic carbocycles. The molecule has 1 aliphatic heterocycles. The Balaban J connectivity index is 1.74. The number of hydrogen-bond donors (Lipinski definition) is 1. The molecule has 3 rings (SSSR count). The maximum atomic E-state index is 9.05. The van der Waals surface area contributed by atoms with Gasteiger partial charge in [0.15, 0.2) is 11.5 Å². The third-order valence-electron chi connectivity index (χ3n) is 3.14. The lowest BCUT2D eigenvalue weighted by atomic mass is 10.1. The molecule has 1 N–H and O–H groups in total. The molecule has 0 unspecified atom stereocenters. The van der Waals surface area contributed by atoms with Crippen LogP contribution in [0.3, 0.4) is 0 Å². The van der Waals surface area contributed by atoms with Crippen molar-refractivity contribution in [1.82, 2.24) is 0 Å². The summed E-state index contributed by atoms with van der Waals surface area (Å²) in [6.45, 7) is 1.82. The second kappa shape index (κ2) is 5.54.